The summed E-state index contributed by atoms with van der Waals surface area (Å²) in [7, 11) is 0. The van der Waals surface area contributed by atoms with E-state index in [1.807, 2.05) is 6.07 Å². The number of amides is 1. The third-order valence-electron chi connectivity index (χ3n) is 5.31. The fourth-order valence-corrected chi connectivity index (χ4v) is 3.82. The largest absolute Gasteiger partial charge is 0.356 e. The van der Waals surface area contributed by atoms with Gasteiger partial charge in [-0.2, -0.15) is 0 Å². The van der Waals surface area contributed by atoms with Gasteiger partial charge in [0.15, 0.2) is 0 Å². The lowest BCUT2D eigenvalue weighted by Gasteiger charge is -2.10. The van der Waals surface area contributed by atoms with Crippen molar-refractivity contribution in [1.29, 1.82) is 0 Å². The highest BCUT2D eigenvalue weighted by Crippen LogP contribution is 2.28. The van der Waals surface area contributed by atoms with Crippen LogP contribution in [0.5, 0.6) is 0 Å². The minimum absolute atomic E-state index is 0.247. The van der Waals surface area contributed by atoms with Gasteiger partial charge in [-0.25, -0.2) is 4.98 Å². The van der Waals surface area contributed by atoms with Crippen molar-refractivity contribution in [2.75, 3.05) is 6.54 Å². The van der Waals surface area contributed by atoms with Crippen molar-refractivity contribution in [1.82, 2.24) is 14.9 Å². The number of benzene rings is 2. The predicted molar refractivity (Wildman–Crippen MR) is 116 cm³/mol. The molecular formula is C23H26BrN3O. The average Bonchev–Trinajstić information content (AvgIpc) is 3.50. The quantitative estimate of drug-likeness (QED) is 0.472. The van der Waals surface area contributed by atoms with Crippen molar-refractivity contribution in [3.63, 3.8) is 0 Å². The Morgan fingerprint density at radius 1 is 1.07 bits per heavy atom. The fourth-order valence-electron chi connectivity index (χ4n) is 3.55. The number of hydrogen-bond acceptors (Lipinski definition) is 2. The highest BCUT2D eigenvalue weighted by atomic mass is 79.9. The SMILES string of the molecule is O=C(NCCCCCc1nc2ccccc2n1Cc1ccc(Br)cc1)C1CC1. The molecule has 2 aromatic carbocycles. The van der Waals surface area contributed by atoms with Crippen LogP contribution in [0.2, 0.25) is 0 Å². The maximum absolute atomic E-state index is 11.7. The number of hydrogen-bond donors (Lipinski definition) is 1. The van der Waals surface area contributed by atoms with Crippen molar-refractivity contribution in [3.05, 3.63) is 64.4 Å². The second kappa shape index (κ2) is 8.91. The number of imidazole rings is 1. The first-order valence-corrected chi connectivity index (χ1v) is 11.0. The second-order valence-electron chi connectivity index (χ2n) is 7.61. The Morgan fingerprint density at radius 2 is 1.86 bits per heavy atom. The average molecular weight is 440 g/mol. The Labute approximate surface area is 174 Å². The molecule has 0 unspecified atom stereocenters. The van der Waals surface area contributed by atoms with E-state index in [9.17, 15) is 4.79 Å². The zero-order valence-electron chi connectivity index (χ0n) is 16.0. The number of fused-ring (bicyclic) bond motifs is 1. The van der Waals surface area contributed by atoms with Crippen LogP contribution in [-0.4, -0.2) is 22.0 Å². The van der Waals surface area contributed by atoms with E-state index in [0.717, 1.165) is 67.4 Å². The van der Waals surface area contributed by atoms with Crippen LogP contribution < -0.4 is 5.32 Å². The molecule has 1 aliphatic carbocycles. The Morgan fingerprint density at radius 3 is 2.64 bits per heavy atom. The molecule has 0 spiro atoms. The minimum atomic E-state index is 0.247. The third kappa shape index (κ3) is 4.82. The number of carbonyl (C=O) groups is 1. The van der Waals surface area contributed by atoms with Crippen LogP contribution in [-0.2, 0) is 17.8 Å². The summed E-state index contributed by atoms with van der Waals surface area (Å²) in [6, 6.07) is 16.9. The molecule has 1 amide bonds. The second-order valence-corrected chi connectivity index (χ2v) is 8.52. The van der Waals surface area contributed by atoms with E-state index in [1.165, 1.54) is 11.1 Å². The number of nitrogens with one attached hydrogen (secondary N) is 1. The number of halogens is 1. The first-order chi connectivity index (χ1) is 13.7. The molecule has 1 aromatic heterocycles. The predicted octanol–water partition coefficient (Wildman–Crippen LogP) is 5.09. The molecule has 0 aliphatic heterocycles. The lowest BCUT2D eigenvalue weighted by atomic mass is 10.1. The molecule has 5 heteroatoms. The monoisotopic (exact) mass is 439 g/mol. The summed E-state index contributed by atoms with van der Waals surface area (Å²) in [6.45, 7) is 1.63. The molecule has 1 aliphatic rings. The van der Waals surface area contributed by atoms with Crippen LogP contribution in [0.1, 0.15) is 43.5 Å². The Kier molecular flexibility index (Phi) is 6.10. The first kappa shape index (κ1) is 19.2. The van der Waals surface area contributed by atoms with E-state index >= 15 is 0 Å². The van der Waals surface area contributed by atoms with Gasteiger partial charge in [0.1, 0.15) is 5.82 Å². The summed E-state index contributed by atoms with van der Waals surface area (Å²) < 4.78 is 3.44. The summed E-state index contributed by atoms with van der Waals surface area (Å²) in [5.74, 6) is 1.70. The van der Waals surface area contributed by atoms with E-state index in [4.69, 9.17) is 4.98 Å². The molecule has 1 fully saturated rings. The van der Waals surface area contributed by atoms with Crippen molar-refractivity contribution in [3.8, 4) is 0 Å². The van der Waals surface area contributed by atoms with Crippen molar-refractivity contribution < 1.29 is 4.79 Å². The smallest absolute Gasteiger partial charge is 0.223 e. The third-order valence-corrected chi connectivity index (χ3v) is 5.84. The fraction of sp³-hybridized carbons (Fsp3) is 0.391. The topological polar surface area (TPSA) is 46.9 Å². The molecular weight excluding hydrogens is 414 g/mol. The highest BCUT2D eigenvalue weighted by Gasteiger charge is 2.28. The minimum Gasteiger partial charge on any atom is -0.356 e. The molecule has 0 atom stereocenters. The molecule has 0 bridgehead atoms. The normalized spacial score (nSPS) is 13.8. The lowest BCUT2D eigenvalue weighted by Crippen LogP contribution is -2.25. The number of carbonyl (C=O) groups excluding carboxylic acids is 1. The van der Waals surface area contributed by atoms with Gasteiger partial charge in [0.25, 0.3) is 0 Å². The first-order valence-electron chi connectivity index (χ1n) is 10.2. The number of rotatable bonds is 9. The van der Waals surface area contributed by atoms with Crippen LogP contribution in [0.25, 0.3) is 11.0 Å². The van der Waals surface area contributed by atoms with Crippen molar-refractivity contribution in [2.45, 2.75) is 45.1 Å². The van der Waals surface area contributed by atoms with Gasteiger partial charge in [-0.05, 0) is 55.5 Å². The number of nitrogens with zero attached hydrogens (tertiary/aromatic N) is 2. The van der Waals surface area contributed by atoms with E-state index in [2.05, 4.69) is 68.3 Å². The molecule has 4 nitrogen and oxygen atoms in total. The van der Waals surface area contributed by atoms with Crippen LogP contribution >= 0.6 is 15.9 Å². The van der Waals surface area contributed by atoms with Gasteiger partial charge >= 0.3 is 0 Å². The summed E-state index contributed by atoms with van der Waals surface area (Å²) >= 11 is 3.51. The van der Waals surface area contributed by atoms with E-state index in [1.54, 1.807) is 0 Å². The van der Waals surface area contributed by atoms with E-state index < -0.39 is 0 Å². The Balaban J connectivity index is 1.37. The van der Waals surface area contributed by atoms with Gasteiger partial charge in [0.05, 0.1) is 11.0 Å². The van der Waals surface area contributed by atoms with Gasteiger partial charge in [-0.1, -0.05) is 46.6 Å². The number of aromatic nitrogens is 2. The maximum Gasteiger partial charge on any atom is 0.223 e. The maximum atomic E-state index is 11.7. The standard InChI is InChI=1S/C23H26BrN3O/c24-19-13-9-17(10-14-19)16-27-21-7-4-3-6-20(21)26-22(27)8-2-1-5-15-25-23(28)18-11-12-18/h3-4,6-7,9-10,13-14,18H,1-2,5,8,11-12,15-16H2,(H,25,28). The van der Waals surface area contributed by atoms with Crippen molar-refractivity contribution in [2.24, 2.45) is 5.92 Å². The molecule has 0 saturated heterocycles. The molecule has 1 saturated carbocycles. The molecule has 4 rings (SSSR count). The summed E-state index contributed by atoms with van der Waals surface area (Å²) in [5.41, 5.74) is 3.53. The summed E-state index contributed by atoms with van der Waals surface area (Å²) in [4.78, 5) is 16.6. The summed E-state index contributed by atoms with van der Waals surface area (Å²) in [5, 5.41) is 3.05. The number of para-hydroxylation sites is 2. The van der Waals surface area contributed by atoms with Gasteiger partial charge < -0.3 is 9.88 Å². The van der Waals surface area contributed by atoms with Gasteiger partial charge in [-0.3, -0.25) is 4.79 Å². The molecule has 28 heavy (non-hydrogen) atoms. The van der Waals surface area contributed by atoms with Crippen molar-refractivity contribution >= 4 is 32.9 Å². The highest BCUT2D eigenvalue weighted by molar-refractivity contribution is 9.10. The molecule has 0 radical (unpaired) electrons. The molecule has 1 N–H and O–H groups in total. The van der Waals surface area contributed by atoms with E-state index in [-0.39, 0.29) is 5.91 Å². The zero-order valence-corrected chi connectivity index (χ0v) is 17.6. The van der Waals surface area contributed by atoms with Gasteiger partial charge in [-0.15, -0.1) is 0 Å². The molecule has 146 valence electrons. The van der Waals surface area contributed by atoms with E-state index in [0.29, 0.717) is 5.92 Å². The van der Waals surface area contributed by atoms with Gasteiger partial charge in [0.2, 0.25) is 5.91 Å². The molecule has 3 aromatic rings. The zero-order chi connectivity index (χ0) is 19.3. The molecule has 1 heterocycles. The Hall–Kier alpha value is -2.14. The number of unbranched alkanes of at least 4 members (excludes halogenated alkanes) is 2. The lowest BCUT2D eigenvalue weighted by molar-refractivity contribution is -0.122. The van der Waals surface area contributed by atoms with Gasteiger partial charge in [0, 0.05) is 29.9 Å². The van der Waals surface area contributed by atoms with Crippen LogP contribution in [0, 0.1) is 5.92 Å². The van der Waals surface area contributed by atoms with Crippen LogP contribution in [0.3, 0.4) is 0 Å². The number of aryl methyl sites for hydroxylation is 1. The summed E-state index contributed by atoms with van der Waals surface area (Å²) in [6.07, 6.45) is 6.32. The van der Waals surface area contributed by atoms with Crippen LogP contribution in [0.15, 0.2) is 53.0 Å². The Bertz CT molecular complexity index is 944. The van der Waals surface area contributed by atoms with Crippen LogP contribution in [0.4, 0.5) is 0 Å².